The molecule has 0 bridgehead atoms. The van der Waals surface area contributed by atoms with Crippen LogP contribution in [0.25, 0.3) is 11.3 Å². The number of benzene rings is 1. The lowest BCUT2D eigenvalue weighted by molar-refractivity contribution is -0.135. The Balaban J connectivity index is 1.69. The van der Waals surface area contributed by atoms with E-state index in [2.05, 4.69) is 15.3 Å². The van der Waals surface area contributed by atoms with Crippen LogP contribution in [0.15, 0.2) is 24.4 Å². The highest BCUT2D eigenvalue weighted by Crippen LogP contribution is 2.26. The van der Waals surface area contributed by atoms with E-state index in [9.17, 15) is 23.2 Å². The molecule has 2 aromatic rings. The predicted molar refractivity (Wildman–Crippen MR) is 133 cm³/mol. The minimum atomic E-state index is -0.919. The molecule has 2 amide bonds. The van der Waals surface area contributed by atoms with Crippen LogP contribution in [0, 0.1) is 17.0 Å². The van der Waals surface area contributed by atoms with Gasteiger partial charge in [0.25, 0.3) is 0 Å². The van der Waals surface area contributed by atoms with Gasteiger partial charge >= 0.3 is 0 Å². The van der Waals surface area contributed by atoms with Crippen molar-refractivity contribution in [1.82, 2.24) is 20.2 Å². The summed E-state index contributed by atoms with van der Waals surface area (Å²) >= 11 is 0. The number of aromatic nitrogens is 2. The van der Waals surface area contributed by atoms with Gasteiger partial charge in [0.15, 0.2) is 5.78 Å². The SMILES string of the molecule is C[C@H](CC(=O)[C@H](CC(=O)N1CCCC1)NC(=O)CCC(C)(C)C)c1ncc(-c2ccc(F)cc2F)[nH]1. The second-order valence-electron chi connectivity index (χ2n) is 10.9. The van der Waals surface area contributed by atoms with E-state index in [4.69, 9.17) is 0 Å². The fourth-order valence-electron chi connectivity index (χ4n) is 4.24. The van der Waals surface area contributed by atoms with Crippen molar-refractivity contribution >= 4 is 17.6 Å². The molecule has 1 saturated heterocycles. The Labute approximate surface area is 211 Å². The number of H-pyrrole nitrogens is 1. The van der Waals surface area contributed by atoms with Crippen LogP contribution in [0.1, 0.15) is 78.0 Å². The molecule has 0 saturated carbocycles. The summed E-state index contributed by atoms with van der Waals surface area (Å²) in [5.74, 6) is -1.94. The second-order valence-corrected chi connectivity index (χ2v) is 10.9. The lowest BCUT2D eigenvalue weighted by Crippen LogP contribution is -2.45. The molecule has 1 fully saturated rings. The molecule has 2 atom stereocenters. The normalized spacial score (nSPS) is 15.6. The van der Waals surface area contributed by atoms with Crippen LogP contribution in [-0.2, 0) is 14.4 Å². The molecule has 196 valence electrons. The topological polar surface area (TPSA) is 95.2 Å². The van der Waals surface area contributed by atoms with Crippen LogP contribution < -0.4 is 5.32 Å². The molecule has 1 aromatic carbocycles. The Morgan fingerprint density at radius 3 is 2.47 bits per heavy atom. The summed E-state index contributed by atoms with van der Waals surface area (Å²) < 4.78 is 27.4. The zero-order valence-corrected chi connectivity index (χ0v) is 21.5. The first-order valence-electron chi connectivity index (χ1n) is 12.5. The van der Waals surface area contributed by atoms with E-state index in [0.29, 0.717) is 31.0 Å². The molecule has 0 aliphatic carbocycles. The molecule has 2 heterocycles. The summed E-state index contributed by atoms with van der Waals surface area (Å²) in [6.45, 7) is 9.25. The number of aromatic amines is 1. The first-order valence-corrected chi connectivity index (χ1v) is 12.5. The largest absolute Gasteiger partial charge is 0.346 e. The highest BCUT2D eigenvalue weighted by molar-refractivity contribution is 5.93. The molecular weight excluding hydrogens is 466 g/mol. The Morgan fingerprint density at radius 2 is 1.83 bits per heavy atom. The van der Waals surface area contributed by atoms with Crippen LogP contribution in [0.5, 0.6) is 0 Å². The summed E-state index contributed by atoms with van der Waals surface area (Å²) in [7, 11) is 0. The van der Waals surface area contributed by atoms with Crippen molar-refractivity contribution in [3.8, 4) is 11.3 Å². The molecule has 3 rings (SSSR count). The third-order valence-corrected chi connectivity index (χ3v) is 6.45. The van der Waals surface area contributed by atoms with Gasteiger partial charge < -0.3 is 15.2 Å². The van der Waals surface area contributed by atoms with Gasteiger partial charge in [0.05, 0.1) is 24.4 Å². The zero-order valence-electron chi connectivity index (χ0n) is 21.5. The van der Waals surface area contributed by atoms with Crippen molar-refractivity contribution in [2.24, 2.45) is 5.41 Å². The van der Waals surface area contributed by atoms with Crippen molar-refractivity contribution in [2.75, 3.05) is 13.1 Å². The molecule has 1 aliphatic heterocycles. The van der Waals surface area contributed by atoms with Crippen LogP contribution in [0.2, 0.25) is 0 Å². The Hall–Kier alpha value is -3.10. The average molecular weight is 503 g/mol. The van der Waals surface area contributed by atoms with Gasteiger partial charge in [-0.15, -0.1) is 0 Å². The standard InChI is InChI=1S/C27H36F2N4O3/c1-17(26-30-16-22(32-26)19-8-7-18(28)14-20(19)29)13-23(34)21(15-25(36)33-11-5-6-12-33)31-24(35)9-10-27(2,3)4/h7-8,14,16-17,21H,5-6,9-13,15H2,1-4H3,(H,30,32)(H,31,35)/t17-,21+/m1/s1. The number of imidazole rings is 1. The number of ketones is 1. The number of carbonyl (C=O) groups excluding carboxylic acids is 3. The smallest absolute Gasteiger partial charge is 0.225 e. The zero-order chi connectivity index (χ0) is 26.5. The van der Waals surface area contributed by atoms with Crippen LogP contribution in [-0.4, -0.2) is 51.6 Å². The number of amides is 2. The number of halogens is 2. The van der Waals surface area contributed by atoms with E-state index in [-0.39, 0.29) is 53.8 Å². The Kier molecular flexibility index (Phi) is 8.98. The van der Waals surface area contributed by atoms with E-state index in [1.165, 1.54) is 12.3 Å². The highest BCUT2D eigenvalue weighted by atomic mass is 19.1. The number of rotatable bonds is 10. The van der Waals surface area contributed by atoms with Gasteiger partial charge in [-0.3, -0.25) is 14.4 Å². The van der Waals surface area contributed by atoms with E-state index >= 15 is 0 Å². The molecule has 1 aromatic heterocycles. The molecular formula is C27H36F2N4O3. The lowest BCUT2D eigenvalue weighted by atomic mass is 9.90. The van der Waals surface area contributed by atoms with E-state index in [0.717, 1.165) is 25.0 Å². The van der Waals surface area contributed by atoms with Gasteiger partial charge in [-0.1, -0.05) is 27.7 Å². The maximum Gasteiger partial charge on any atom is 0.225 e. The van der Waals surface area contributed by atoms with Gasteiger partial charge in [-0.2, -0.15) is 0 Å². The van der Waals surface area contributed by atoms with Crippen molar-refractivity contribution in [2.45, 2.75) is 78.2 Å². The molecule has 1 aliphatic rings. The molecule has 36 heavy (non-hydrogen) atoms. The number of likely N-dealkylation sites (tertiary alicyclic amines) is 1. The first-order chi connectivity index (χ1) is 16.9. The maximum absolute atomic E-state index is 14.2. The van der Waals surface area contributed by atoms with Gasteiger partial charge in [0.2, 0.25) is 11.8 Å². The maximum atomic E-state index is 14.2. The van der Waals surface area contributed by atoms with Crippen LogP contribution >= 0.6 is 0 Å². The van der Waals surface area contributed by atoms with Gasteiger partial charge in [0, 0.05) is 43.5 Å². The number of carbonyl (C=O) groups is 3. The van der Waals surface area contributed by atoms with E-state index in [1.54, 1.807) is 11.8 Å². The Morgan fingerprint density at radius 1 is 1.14 bits per heavy atom. The minimum absolute atomic E-state index is 0.0300. The molecule has 0 unspecified atom stereocenters. The summed E-state index contributed by atoms with van der Waals surface area (Å²) in [5.41, 5.74) is 0.518. The summed E-state index contributed by atoms with van der Waals surface area (Å²) in [5, 5.41) is 2.79. The quantitative estimate of drug-likeness (QED) is 0.491. The number of Topliss-reactive ketones (excluding diaryl/α,β-unsaturated/α-hetero) is 1. The number of hydrogen-bond donors (Lipinski definition) is 2. The summed E-state index contributed by atoms with van der Waals surface area (Å²) in [4.78, 5) is 47.7. The van der Waals surface area contributed by atoms with Crippen molar-refractivity contribution in [3.05, 3.63) is 41.9 Å². The molecule has 0 radical (unpaired) electrons. The molecule has 9 heteroatoms. The number of nitrogens with zero attached hydrogens (tertiary/aromatic N) is 2. The van der Waals surface area contributed by atoms with Crippen LogP contribution in [0.4, 0.5) is 8.78 Å². The fourth-order valence-corrected chi connectivity index (χ4v) is 4.24. The average Bonchev–Trinajstić information content (AvgIpc) is 3.49. The van der Waals surface area contributed by atoms with Crippen molar-refractivity contribution in [3.63, 3.8) is 0 Å². The third-order valence-electron chi connectivity index (χ3n) is 6.45. The lowest BCUT2D eigenvalue weighted by Gasteiger charge is -2.23. The number of nitrogens with one attached hydrogen (secondary N) is 2. The van der Waals surface area contributed by atoms with Crippen molar-refractivity contribution in [1.29, 1.82) is 0 Å². The first kappa shape index (κ1) is 27.5. The van der Waals surface area contributed by atoms with E-state index in [1.807, 2.05) is 20.8 Å². The third kappa shape index (κ3) is 7.70. The monoisotopic (exact) mass is 502 g/mol. The van der Waals surface area contributed by atoms with E-state index < -0.39 is 17.7 Å². The van der Waals surface area contributed by atoms with Gasteiger partial charge in [0.1, 0.15) is 17.5 Å². The van der Waals surface area contributed by atoms with Gasteiger partial charge in [-0.05, 0) is 36.8 Å². The van der Waals surface area contributed by atoms with Crippen LogP contribution in [0.3, 0.4) is 0 Å². The minimum Gasteiger partial charge on any atom is -0.346 e. The van der Waals surface area contributed by atoms with Crippen molar-refractivity contribution < 1.29 is 23.2 Å². The summed E-state index contributed by atoms with van der Waals surface area (Å²) in [6, 6.07) is 2.37. The molecule has 7 nitrogen and oxygen atoms in total. The van der Waals surface area contributed by atoms with Gasteiger partial charge in [-0.25, -0.2) is 13.8 Å². The molecule has 2 N–H and O–H groups in total. The fraction of sp³-hybridized carbons (Fsp3) is 0.556. The Bertz CT molecular complexity index is 1090. The molecule has 0 spiro atoms. The number of hydrogen-bond acceptors (Lipinski definition) is 4. The summed E-state index contributed by atoms with van der Waals surface area (Å²) in [6.07, 6.45) is 4.21. The highest BCUT2D eigenvalue weighted by Gasteiger charge is 2.29. The predicted octanol–water partition coefficient (Wildman–Crippen LogP) is 4.74. The second kappa shape index (κ2) is 11.8.